The summed E-state index contributed by atoms with van der Waals surface area (Å²) in [7, 11) is 1.55. The van der Waals surface area contributed by atoms with Gasteiger partial charge in [-0.1, -0.05) is 65.3 Å². The summed E-state index contributed by atoms with van der Waals surface area (Å²) in [5, 5.41) is 17.3. The average Bonchev–Trinajstić information content (AvgIpc) is 3.19. The smallest absolute Gasteiger partial charge is 0.372 e. The van der Waals surface area contributed by atoms with E-state index in [1.807, 2.05) is 39.8 Å². The summed E-state index contributed by atoms with van der Waals surface area (Å²) in [6, 6.07) is 6.02. The highest BCUT2D eigenvalue weighted by atomic mass is 35.5. The molecule has 0 spiro atoms. The Labute approximate surface area is 260 Å². The van der Waals surface area contributed by atoms with Gasteiger partial charge in [0.2, 0.25) is 11.8 Å². The van der Waals surface area contributed by atoms with Gasteiger partial charge in [0, 0.05) is 53.8 Å². The first-order valence-electron chi connectivity index (χ1n) is 14.0. The summed E-state index contributed by atoms with van der Waals surface area (Å²) >= 11 is 6.41. The van der Waals surface area contributed by atoms with E-state index < -0.39 is 24.0 Å². The number of carbonyl (C=O) groups excluding carboxylic acids is 2. The van der Waals surface area contributed by atoms with Crippen LogP contribution in [0, 0.1) is 28.1 Å². The minimum atomic E-state index is -4.42. The van der Waals surface area contributed by atoms with Crippen LogP contribution in [0.15, 0.2) is 43.0 Å². The van der Waals surface area contributed by atoms with E-state index in [1.165, 1.54) is 0 Å². The fourth-order valence-electron chi connectivity index (χ4n) is 4.99. The first kappa shape index (κ1) is 34.5. The van der Waals surface area contributed by atoms with E-state index in [-0.39, 0.29) is 28.6 Å². The zero-order valence-electron chi connectivity index (χ0n) is 25.8. The lowest BCUT2D eigenvalue weighted by Crippen LogP contribution is -2.49. The van der Waals surface area contributed by atoms with E-state index in [0.717, 1.165) is 11.6 Å². The molecule has 236 valence electrons. The van der Waals surface area contributed by atoms with Crippen molar-refractivity contribution in [1.29, 1.82) is 5.26 Å². The van der Waals surface area contributed by atoms with Crippen molar-refractivity contribution >= 4 is 40.0 Å². The van der Waals surface area contributed by atoms with E-state index >= 15 is 0 Å². The number of fused-ring (bicyclic) bond motifs is 1. The quantitative estimate of drug-likeness (QED) is 0.333. The fourth-order valence-corrected chi connectivity index (χ4v) is 5.28. The van der Waals surface area contributed by atoms with Crippen molar-refractivity contribution in [3.05, 3.63) is 59.3 Å². The van der Waals surface area contributed by atoms with Gasteiger partial charge in [-0.25, -0.2) is 9.97 Å². The lowest BCUT2D eigenvalue weighted by molar-refractivity contribution is -0.141. The van der Waals surface area contributed by atoms with E-state index in [2.05, 4.69) is 45.5 Å². The molecule has 3 heterocycles. The monoisotopic (exact) mass is 631 g/mol. The highest BCUT2D eigenvalue weighted by Crippen LogP contribution is 2.41. The molecule has 2 N–H and O–H groups in total. The molecule has 1 aromatic carbocycles. The molecule has 0 radical (unpaired) electrons. The normalized spacial score (nSPS) is 18.5. The number of carbonyl (C=O) groups is 2. The Morgan fingerprint density at radius 1 is 1.16 bits per heavy atom. The van der Waals surface area contributed by atoms with E-state index in [1.54, 1.807) is 30.4 Å². The SMILES string of the molecule is CC1[C@@H](C(=O)NC(C#N)c2cncc3cccc(Cl)c23)N(C(=O)CC(C)(C)C)CC1(C)C.CNc1cnc(C(F)(F)F)cn1. The lowest BCUT2D eigenvalue weighted by atomic mass is 9.80. The number of nitrogens with one attached hydrogen (secondary N) is 2. The van der Waals surface area contributed by atoms with Crippen LogP contribution in [0.4, 0.5) is 19.0 Å². The molecule has 3 atom stereocenters. The molecule has 13 heteroatoms. The van der Waals surface area contributed by atoms with Gasteiger partial charge in [0.1, 0.15) is 17.9 Å². The van der Waals surface area contributed by atoms with Gasteiger partial charge >= 0.3 is 6.18 Å². The first-order chi connectivity index (χ1) is 20.4. The summed E-state index contributed by atoms with van der Waals surface area (Å²) in [5.41, 5.74) is -0.848. The van der Waals surface area contributed by atoms with Crippen molar-refractivity contribution < 1.29 is 22.8 Å². The zero-order valence-corrected chi connectivity index (χ0v) is 26.5. The Bertz CT molecular complexity index is 1530. The number of hydrogen-bond acceptors (Lipinski definition) is 7. The number of pyridine rings is 1. The van der Waals surface area contributed by atoms with Crippen LogP contribution in [0.1, 0.15) is 65.3 Å². The average molecular weight is 632 g/mol. The third-order valence-electron chi connectivity index (χ3n) is 7.58. The van der Waals surface area contributed by atoms with Gasteiger partial charge in [-0.3, -0.25) is 14.6 Å². The Hall–Kier alpha value is -3.98. The van der Waals surface area contributed by atoms with Gasteiger partial charge in [-0.05, 0) is 22.8 Å². The molecule has 1 aliphatic rings. The predicted molar refractivity (Wildman–Crippen MR) is 162 cm³/mol. The molecule has 0 saturated carbocycles. The summed E-state index contributed by atoms with van der Waals surface area (Å²) in [4.78, 5) is 39.1. The number of anilines is 1. The second-order valence-electron chi connectivity index (χ2n) is 12.7. The molecule has 1 saturated heterocycles. The standard InChI is InChI=1S/C25H31ClN4O2.C6H6F3N3/c1-15-22(30(14-25(15,5)6)20(31)10-24(2,3)4)23(32)29-19(11-27)17-13-28-12-16-8-7-9-18(26)21(16)17;1-10-5-3-11-4(2-12-5)6(7,8)9/h7-9,12-13,15,19,22H,10,14H2,1-6H3,(H,29,32);2-3H,1H3,(H,10,12)/t15?,19?,22-;/m0./s1. The van der Waals surface area contributed by atoms with Crippen LogP contribution in [0.25, 0.3) is 10.8 Å². The Morgan fingerprint density at radius 3 is 2.39 bits per heavy atom. The first-order valence-corrected chi connectivity index (χ1v) is 14.4. The number of alkyl halides is 3. The number of hydrogen-bond donors (Lipinski definition) is 2. The predicted octanol–water partition coefficient (Wildman–Crippen LogP) is 6.42. The number of likely N-dealkylation sites (tertiary alicyclic amines) is 1. The van der Waals surface area contributed by atoms with E-state index in [4.69, 9.17) is 11.6 Å². The molecule has 3 aromatic rings. The third kappa shape index (κ3) is 8.14. The highest BCUT2D eigenvalue weighted by molar-refractivity contribution is 6.35. The van der Waals surface area contributed by atoms with Gasteiger partial charge < -0.3 is 15.5 Å². The number of benzene rings is 1. The van der Waals surface area contributed by atoms with E-state index in [0.29, 0.717) is 41.0 Å². The Kier molecular flexibility index (Phi) is 10.5. The molecule has 9 nitrogen and oxygen atoms in total. The van der Waals surface area contributed by atoms with Crippen molar-refractivity contribution in [1.82, 2.24) is 25.2 Å². The van der Waals surface area contributed by atoms with Crippen LogP contribution in [-0.4, -0.2) is 51.3 Å². The van der Waals surface area contributed by atoms with Crippen LogP contribution < -0.4 is 10.6 Å². The topological polar surface area (TPSA) is 124 Å². The fraction of sp³-hybridized carbons (Fsp3) is 0.484. The van der Waals surface area contributed by atoms with Crippen LogP contribution in [0.5, 0.6) is 0 Å². The summed E-state index contributed by atoms with van der Waals surface area (Å²) < 4.78 is 35.7. The molecule has 4 rings (SSSR count). The Morgan fingerprint density at radius 2 is 1.84 bits per heavy atom. The number of aromatic nitrogens is 3. The summed E-state index contributed by atoms with van der Waals surface area (Å²) in [5.74, 6) is -0.137. The maximum absolute atomic E-state index is 13.5. The lowest BCUT2D eigenvalue weighted by Gasteiger charge is -2.29. The van der Waals surface area contributed by atoms with Gasteiger partial charge in [-0.15, -0.1) is 0 Å². The molecule has 2 amide bonds. The minimum Gasteiger partial charge on any atom is -0.372 e. The number of amides is 2. The minimum absolute atomic E-state index is 0.0431. The Balaban J connectivity index is 0.000000369. The molecule has 2 aromatic heterocycles. The molecule has 1 fully saturated rings. The van der Waals surface area contributed by atoms with Crippen LogP contribution in [-0.2, 0) is 15.8 Å². The van der Waals surface area contributed by atoms with Crippen LogP contribution in [0.3, 0.4) is 0 Å². The molecular weight excluding hydrogens is 595 g/mol. The molecule has 2 unspecified atom stereocenters. The van der Waals surface area contributed by atoms with Crippen molar-refractivity contribution in [2.24, 2.45) is 16.7 Å². The summed E-state index contributed by atoms with van der Waals surface area (Å²) in [6.45, 7) is 12.7. The molecular formula is C31H37ClF3N7O2. The third-order valence-corrected chi connectivity index (χ3v) is 7.89. The number of nitrogens with zero attached hydrogens (tertiary/aromatic N) is 5. The van der Waals surface area contributed by atoms with Gasteiger partial charge in [0.05, 0.1) is 18.5 Å². The van der Waals surface area contributed by atoms with Crippen molar-refractivity contribution in [3.8, 4) is 6.07 Å². The second-order valence-corrected chi connectivity index (χ2v) is 13.1. The van der Waals surface area contributed by atoms with Gasteiger partial charge in [0.15, 0.2) is 5.69 Å². The summed E-state index contributed by atoms with van der Waals surface area (Å²) in [6.07, 6.45) is 0.889. The number of nitriles is 1. The number of halogens is 4. The largest absolute Gasteiger partial charge is 0.434 e. The van der Waals surface area contributed by atoms with Crippen molar-refractivity contribution in [2.45, 2.75) is 66.2 Å². The molecule has 44 heavy (non-hydrogen) atoms. The molecule has 0 bridgehead atoms. The second kappa shape index (κ2) is 13.3. The van der Waals surface area contributed by atoms with E-state index in [9.17, 15) is 28.0 Å². The molecule has 1 aliphatic heterocycles. The zero-order chi connectivity index (χ0) is 33.0. The molecule has 0 aliphatic carbocycles. The highest BCUT2D eigenvalue weighted by Gasteiger charge is 2.50. The van der Waals surface area contributed by atoms with Crippen molar-refractivity contribution in [3.63, 3.8) is 0 Å². The maximum Gasteiger partial charge on any atom is 0.434 e. The van der Waals surface area contributed by atoms with Crippen LogP contribution >= 0.6 is 11.6 Å². The van der Waals surface area contributed by atoms with Crippen LogP contribution in [0.2, 0.25) is 5.02 Å². The number of rotatable bonds is 5. The van der Waals surface area contributed by atoms with Gasteiger partial charge in [-0.2, -0.15) is 18.4 Å². The van der Waals surface area contributed by atoms with Gasteiger partial charge in [0.25, 0.3) is 0 Å². The van der Waals surface area contributed by atoms with Crippen molar-refractivity contribution in [2.75, 3.05) is 18.9 Å². The maximum atomic E-state index is 13.5.